The second-order valence-electron chi connectivity index (χ2n) is 5.10. The lowest BCUT2D eigenvalue weighted by molar-refractivity contribution is 0.0247. The number of nitrogens with zero attached hydrogens (tertiary/aromatic N) is 1. The number of aryl methyl sites for hydroxylation is 1. The van der Waals surface area contributed by atoms with Crippen LogP contribution in [0.2, 0.25) is 0 Å². The van der Waals surface area contributed by atoms with E-state index in [0.717, 1.165) is 19.5 Å². The van der Waals surface area contributed by atoms with Gasteiger partial charge in [0, 0.05) is 52.2 Å². The van der Waals surface area contributed by atoms with Gasteiger partial charge >= 0.3 is 0 Å². The van der Waals surface area contributed by atoms with Crippen LogP contribution in [-0.4, -0.2) is 35.5 Å². The summed E-state index contributed by atoms with van der Waals surface area (Å²) < 4.78 is 7.18. The molecule has 0 fully saturated rings. The molecule has 0 radical (unpaired) electrons. The number of nitrogens with one attached hydrogen (secondary N) is 1. The largest absolute Gasteiger partial charge is 0.389 e. The molecule has 0 aliphatic carbocycles. The molecule has 1 heterocycles. The summed E-state index contributed by atoms with van der Waals surface area (Å²) >= 11 is 0. The third-order valence-corrected chi connectivity index (χ3v) is 2.97. The van der Waals surface area contributed by atoms with Gasteiger partial charge in [0.15, 0.2) is 0 Å². The highest BCUT2D eigenvalue weighted by Gasteiger charge is 2.19. The van der Waals surface area contributed by atoms with E-state index in [1.54, 1.807) is 7.11 Å². The summed E-state index contributed by atoms with van der Waals surface area (Å²) in [5, 5.41) is 13.4. The monoisotopic (exact) mass is 254 g/mol. The Kier molecular flexibility index (Phi) is 6.39. The Bertz CT molecular complexity index is 334. The zero-order valence-corrected chi connectivity index (χ0v) is 11.8. The van der Waals surface area contributed by atoms with Gasteiger partial charge in [0.1, 0.15) is 0 Å². The third kappa shape index (κ3) is 5.67. The van der Waals surface area contributed by atoms with Crippen molar-refractivity contribution in [2.45, 2.75) is 45.4 Å². The van der Waals surface area contributed by atoms with Gasteiger partial charge in [-0.3, -0.25) is 0 Å². The first kappa shape index (κ1) is 15.2. The summed E-state index contributed by atoms with van der Waals surface area (Å²) in [5.74, 6) is 0. The molecule has 2 N–H and O–H groups in total. The minimum Gasteiger partial charge on any atom is -0.389 e. The minimum absolute atomic E-state index is 0.579. The molecule has 4 nitrogen and oxygen atoms in total. The third-order valence-electron chi connectivity index (χ3n) is 2.97. The van der Waals surface area contributed by atoms with Crippen molar-refractivity contribution in [2.75, 3.05) is 20.3 Å². The van der Waals surface area contributed by atoms with Gasteiger partial charge in [0.2, 0.25) is 0 Å². The predicted molar refractivity (Wildman–Crippen MR) is 73.5 cm³/mol. The average molecular weight is 254 g/mol. The number of ether oxygens (including phenoxy) is 1. The Hall–Kier alpha value is -0.840. The van der Waals surface area contributed by atoms with Crippen molar-refractivity contribution in [3.8, 4) is 0 Å². The van der Waals surface area contributed by atoms with Crippen LogP contribution >= 0.6 is 0 Å². The van der Waals surface area contributed by atoms with Gasteiger partial charge < -0.3 is 19.7 Å². The van der Waals surface area contributed by atoms with E-state index in [2.05, 4.69) is 35.3 Å². The van der Waals surface area contributed by atoms with Crippen LogP contribution in [-0.2, 0) is 17.8 Å². The Morgan fingerprint density at radius 1 is 1.50 bits per heavy atom. The van der Waals surface area contributed by atoms with Crippen molar-refractivity contribution < 1.29 is 9.84 Å². The molecule has 104 valence electrons. The molecule has 0 aromatic carbocycles. The SMILES string of the molecule is CCCn1ccc(CNCC(C)(O)CCOC)c1. The fourth-order valence-corrected chi connectivity index (χ4v) is 1.88. The van der Waals surface area contributed by atoms with E-state index in [1.807, 2.05) is 6.92 Å². The van der Waals surface area contributed by atoms with Crippen molar-refractivity contribution in [1.82, 2.24) is 9.88 Å². The molecule has 0 saturated carbocycles. The van der Waals surface area contributed by atoms with Crippen LogP contribution in [0, 0.1) is 0 Å². The zero-order chi connectivity index (χ0) is 13.4. The normalized spacial score (nSPS) is 14.7. The van der Waals surface area contributed by atoms with Gasteiger partial charge in [0.25, 0.3) is 0 Å². The Labute approximate surface area is 110 Å². The topological polar surface area (TPSA) is 46.4 Å². The van der Waals surface area contributed by atoms with Crippen molar-refractivity contribution in [2.24, 2.45) is 0 Å². The molecule has 1 rings (SSSR count). The van der Waals surface area contributed by atoms with Gasteiger partial charge in [-0.15, -0.1) is 0 Å². The first-order valence-electron chi connectivity index (χ1n) is 6.64. The van der Waals surface area contributed by atoms with Crippen molar-refractivity contribution >= 4 is 0 Å². The Morgan fingerprint density at radius 2 is 2.28 bits per heavy atom. The van der Waals surface area contributed by atoms with Gasteiger partial charge in [-0.05, 0) is 25.0 Å². The van der Waals surface area contributed by atoms with Gasteiger partial charge in [-0.25, -0.2) is 0 Å². The maximum atomic E-state index is 10.1. The van der Waals surface area contributed by atoms with E-state index in [-0.39, 0.29) is 0 Å². The molecule has 1 atom stereocenters. The highest BCUT2D eigenvalue weighted by molar-refractivity contribution is 5.09. The first-order valence-corrected chi connectivity index (χ1v) is 6.64. The minimum atomic E-state index is -0.706. The summed E-state index contributed by atoms with van der Waals surface area (Å²) in [6, 6.07) is 2.12. The molecule has 0 aliphatic heterocycles. The molecule has 0 spiro atoms. The fraction of sp³-hybridized carbons (Fsp3) is 0.714. The van der Waals surface area contributed by atoms with Crippen LogP contribution in [0.3, 0.4) is 0 Å². The van der Waals surface area contributed by atoms with Crippen LogP contribution in [0.25, 0.3) is 0 Å². The smallest absolute Gasteiger partial charge is 0.0765 e. The summed E-state index contributed by atoms with van der Waals surface area (Å²) in [7, 11) is 1.65. The summed E-state index contributed by atoms with van der Waals surface area (Å²) in [4.78, 5) is 0. The van der Waals surface area contributed by atoms with E-state index in [1.165, 1.54) is 5.56 Å². The molecule has 0 amide bonds. The molecule has 4 heteroatoms. The van der Waals surface area contributed by atoms with Crippen LogP contribution in [0.5, 0.6) is 0 Å². The van der Waals surface area contributed by atoms with Crippen LogP contribution < -0.4 is 5.32 Å². The predicted octanol–water partition coefficient (Wildman–Crippen LogP) is 1.78. The zero-order valence-electron chi connectivity index (χ0n) is 11.8. The summed E-state index contributed by atoms with van der Waals surface area (Å²) in [6.45, 7) is 7.02. The summed E-state index contributed by atoms with van der Waals surface area (Å²) in [6.07, 6.45) is 6.05. The number of hydrogen-bond acceptors (Lipinski definition) is 3. The maximum absolute atomic E-state index is 10.1. The molecular weight excluding hydrogens is 228 g/mol. The van der Waals surface area contributed by atoms with Crippen LogP contribution in [0.4, 0.5) is 0 Å². The molecule has 0 saturated heterocycles. The lowest BCUT2D eigenvalue weighted by Gasteiger charge is -2.23. The maximum Gasteiger partial charge on any atom is 0.0765 e. The van der Waals surface area contributed by atoms with E-state index in [4.69, 9.17) is 4.74 Å². The molecule has 1 aromatic rings. The highest BCUT2D eigenvalue weighted by atomic mass is 16.5. The number of hydrogen-bond donors (Lipinski definition) is 2. The summed E-state index contributed by atoms with van der Waals surface area (Å²) in [5.41, 5.74) is 0.549. The molecule has 1 unspecified atom stereocenters. The van der Waals surface area contributed by atoms with Gasteiger partial charge in [0.05, 0.1) is 5.60 Å². The van der Waals surface area contributed by atoms with Gasteiger partial charge in [-0.1, -0.05) is 6.92 Å². The highest BCUT2D eigenvalue weighted by Crippen LogP contribution is 2.08. The first-order chi connectivity index (χ1) is 8.57. The van der Waals surface area contributed by atoms with Crippen LogP contribution in [0.1, 0.15) is 32.3 Å². The number of aliphatic hydroxyl groups is 1. The second-order valence-corrected chi connectivity index (χ2v) is 5.10. The number of aromatic nitrogens is 1. The standard InChI is InChI=1S/C14H26N2O2/c1-4-7-16-8-5-13(11-16)10-15-12-14(2,17)6-9-18-3/h5,8,11,15,17H,4,6-7,9-10,12H2,1-3H3. The number of methoxy groups -OCH3 is 1. The molecule has 0 bridgehead atoms. The van der Waals surface area contributed by atoms with Crippen molar-refractivity contribution in [3.63, 3.8) is 0 Å². The second kappa shape index (κ2) is 7.56. The quantitative estimate of drug-likeness (QED) is 0.706. The number of rotatable bonds is 9. The Balaban J connectivity index is 2.27. The van der Waals surface area contributed by atoms with Crippen molar-refractivity contribution in [1.29, 1.82) is 0 Å². The molecule has 1 aromatic heterocycles. The lowest BCUT2D eigenvalue weighted by Crippen LogP contribution is -2.38. The average Bonchev–Trinajstić information content (AvgIpc) is 2.75. The molecular formula is C14H26N2O2. The van der Waals surface area contributed by atoms with E-state index < -0.39 is 5.60 Å². The Morgan fingerprint density at radius 3 is 2.94 bits per heavy atom. The van der Waals surface area contributed by atoms with Crippen LogP contribution in [0.15, 0.2) is 18.5 Å². The van der Waals surface area contributed by atoms with Gasteiger partial charge in [-0.2, -0.15) is 0 Å². The molecule has 18 heavy (non-hydrogen) atoms. The lowest BCUT2D eigenvalue weighted by atomic mass is 10.0. The van der Waals surface area contributed by atoms with Crippen molar-refractivity contribution in [3.05, 3.63) is 24.0 Å². The fourth-order valence-electron chi connectivity index (χ4n) is 1.88. The van der Waals surface area contributed by atoms with E-state index in [9.17, 15) is 5.11 Å². The van der Waals surface area contributed by atoms with E-state index in [0.29, 0.717) is 19.6 Å². The molecule has 0 aliphatic rings. The van der Waals surface area contributed by atoms with E-state index >= 15 is 0 Å².